The number of carbonyl (C=O) groups is 2. The van der Waals surface area contributed by atoms with Crippen molar-refractivity contribution in [2.45, 2.75) is 26.3 Å². The molecule has 1 unspecified atom stereocenters. The van der Waals surface area contributed by atoms with E-state index < -0.39 is 6.04 Å². The molecule has 0 radical (unpaired) electrons. The fourth-order valence-corrected chi connectivity index (χ4v) is 4.42. The van der Waals surface area contributed by atoms with Crippen molar-refractivity contribution >= 4 is 23.2 Å². The van der Waals surface area contributed by atoms with Crippen molar-refractivity contribution in [1.29, 1.82) is 0 Å². The number of piperazine rings is 1. The number of nitrogens with zero attached hydrogens (tertiary/aromatic N) is 2. The van der Waals surface area contributed by atoms with Crippen LogP contribution in [-0.4, -0.2) is 55.5 Å². The minimum absolute atomic E-state index is 0.231. The normalized spacial score (nSPS) is 14.9. The number of benzene rings is 3. The first-order valence-electron chi connectivity index (χ1n) is 12.3. The Bertz CT molecular complexity index is 1130. The lowest BCUT2D eigenvalue weighted by Gasteiger charge is -2.35. The van der Waals surface area contributed by atoms with Crippen LogP contribution < -0.4 is 15.5 Å². The van der Waals surface area contributed by atoms with Crippen molar-refractivity contribution in [1.82, 2.24) is 10.2 Å². The molecule has 1 aliphatic rings. The maximum Gasteiger partial charge on any atom is 0.251 e. The van der Waals surface area contributed by atoms with Crippen LogP contribution >= 0.6 is 0 Å². The Balaban J connectivity index is 1.47. The van der Waals surface area contributed by atoms with E-state index in [1.165, 1.54) is 5.69 Å². The van der Waals surface area contributed by atoms with Gasteiger partial charge >= 0.3 is 0 Å². The molecule has 1 heterocycles. The van der Waals surface area contributed by atoms with Crippen LogP contribution in [0.3, 0.4) is 0 Å². The number of likely N-dealkylation sites (N-methyl/N-ethyl adjacent to an activating group) is 1. The first-order valence-corrected chi connectivity index (χ1v) is 12.3. The van der Waals surface area contributed by atoms with E-state index >= 15 is 0 Å². The highest BCUT2D eigenvalue weighted by atomic mass is 16.2. The van der Waals surface area contributed by atoms with E-state index in [-0.39, 0.29) is 11.8 Å². The van der Waals surface area contributed by atoms with Crippen molar-refractivity contribution in [3.63, 3.8) is 0 Å². The van der Waals surface area contributed by atoms with E-state index in [1.54, 1.807) is 12.1 Å². The number of nitrogens with one attached hydrogen (secondary N) is 2. The molecule has 0 saturated carbocycles. The lowest BCUT2D eigenvalue weighted by atomic mass is 10.0. The van der Waals surface area contributed by atoms with Gasteiger partial charge in [0.1, 0.15) is 6.04 Å². The summed E-state index contributed by atoms with van der Waals surface area (Å²) in [6.45, 7) is 9.43. The van der Waals surface area contributed by atoms with Crippen LogP contribution in [0.5, 0.6) is 0 Å². The number of carbonyl (C=O) groups excluding carboxylic acids is 2. The Morgan fingerprint density at radius 1 is 0.886 bits per heavy atom. The maximum atomic E-state index is 13.4. The summed E-state index contributed by atoms with van der Waals surface area (Å²) in [6, 6.07) is 24.2. The highest BCUT2D eigenvalue weighted by Gasteiger charge is 2.23. The van der Waals surface area contributed by atoms with Gasteiger partial charge in [0.15, 0.2) is 0 Å². The van der Waals surface area contributed by atoms with Gasteiger partial charge in [-0.15, -0.1) is 0 Å². The van der Waals surface area contributed by atoms with E-state index in [0.717, 1.165) is 49.5 Å². The molecule has 3 aromatic carbocycles. The topological polar surface area (TPSA) is 64.7 Å². The van der Waals surface area contributed by atoms with Gasteiger partial charge in [-0.3, -0.25) is 9.59 Å². The van der Waals surface area contributed by atoms with Crippen molar-refractivity contribution < 1.29 is 9.59 Å². The van der Waals surface area contributed by atoms with Crippen molar-refractivity contribution in [3.8, 4) is 0 Å². The third kappa shape index (κ3) is 6.49. The van der Waals surface area contributed by atoms with Gasteiger partial charge in [0.25, 0.3) is 5.91 Å². The zero-order chi connectivity index (χ0) is 24.6. The predicted octanol–water partition coefficient (Wildman–Crippen LogP) is 4.12. The fraction of sp³-hybridized carbons (Fsp3) is 0.310. The summed E-state index contributed by atoms with van der Waals surface area (Å²) < 4.78 is 0. The zero-order valence-corrected chi connectivity index (χ0v) is 20.5. The molecular weight excluding hydrogens is 436 g/mol. The molecule has 1 aliphatic heterocycles. The van der Waals surface area contributed by atoms with Crippen LogP contribution in [0.15, 0.2) is 78.9 Å². The fourth-order valence-electron chi connectivity index (χ4n) is 4.42. The third-order valence-corrected chi connectivity index (χ3v) is 6.59. The second-order valence-corrected chi connectivity index (χ2v) is 8.99. The Labute approximate surface area is 207 Å². The summed E-state index contributed by atoms with van der Waals surface area (Å²) in [7, 11) is 0. The molecule has 0 aromatic heterocycles. The van der Waals surface area contributed by atoms with Crippen molar-refractivity contribution in [2.24, 2.45) is 0 Å². The van der Waals surface area contributed by atoms with E-state index in [0.29, 0.717) is 12.0 Å². The first-order chi connectivity index (χ1) is 17.0. The lowest BCUT2D eigenvalue weighted by molar-refractivity contribution is -0.118. The van der Waals surface area contributed by atoms with Gasteiger partial charge in [-0.05, 0) is 54.9 Å². The molecule has 1 fully saturated rings. The molecule has 35 heavy (non-hydrogen) atoms. The zero-order valence-electron chi connectivity index (χ0n) is 20.5. The predicted molar refractivity (Wildman–Crippen MR) is 142 cm³/mol. The Hall–Kier alpha value is -3.64. The van der Waals surface area contributed by atoms with Gasteiger partial charge in [0, 0.05) is 49.5 Å². The Morgan fingerprint density at radius 2 is 1.54 bits per heavy atom. The SMILES string of the molecule is CCN1CCN(c2ccc(NC(=O)C(Cc3ccccc3)NC(=O)c3ccccc3)c(C)c2)CC1. The number of hydrogen-bond acceptors (Lipinski definition) is 4. The van der Waals surface area contributed by atoms with Crippen LogP contribution in [0.25, 0.3) is 0 Å². The summed E-state index contributed by atoms with van der Waals surface area (Å²) in [5.74, 6) is -0.495. The molecule has 3 aromatic rings. The molecule has 182 valence electrons. The van der Waals surface area contributed by atoms with Gasteiger partial charge in [-0.25, -0.2) is 0 Å². The highest BCUT2D eigenvalue weighted by Crippen LogP contribution is 2.24. The Kier molecular flexibility index (Phi) is 8.16. The molecule has 0 aliphatic carbocycles. The molecule has 6 heteroatoms. The molecule has 1 atom stereocenters. The molecule has 2 amide bonds. The molecule has 2 N–H and O–H groups in total. The number of aryl methyl sites for hydroxylation is 1. The van der Waals surface area contributed by atoms with E-state index in [4.69, 9.17) is 0 Å². The third-order valence-electron chi connectivity index (χ3n) is 6.59. The largest absolute Gasteiger partial charge is 0.369 e. The summed E-state index contributed by atoms with van der Waals surface area (Å²) in [5, 5.41) is 5.98. The van der Waals surface area contributed by atoms with Crippen LogP contribution in [0, 0.1) is 6.92 Å². The summed E-state index contributed by atoms with van der Waals surface area (Å²) in [5.41, 5.74) is 4.45. The minimum atomic E-state index is -0.702. The summed E-state index contributed by atoms with van der Waals surface area (Å²) in [4.78, 5) is 31.0. The van der Waals surface area contributed by atoms with Gasteiger partial charge in [0.05, 0.1) is 0 Å². The van der Waals surface area contributed by atoms with Crippen molar-refractivity contribution in [3.05, 3.63) is 95.6 Å². The van der Waals surface area contributed by atoms with Crippen LogP contribution in [0.2, 0.25) is 0 Å². The smallest absolute Gasteiger partial charge is 0.251 e. The van der Waals surface area contributed by atoms with Crippen LogP contribution in [0.1, 0.15) is 28.4 Å². The van der Waals surface area contributed by atoms with Crippen molar-refractivity contribution in [2.75, 3.05) is 42.9 Å². The molecular formula is C29H34N4O2. The van der Waals surface area contributed by atoms with Crippen LogP contribution in [0.4, 0.5) is 11.4 Å². The maximum absolute atomic E-state index is 13.4. The molecule has 0 bridgehead atoms. The second kappa shape index (κ2) is 11.7. The quantitative estimate of drug-likeness (QED) is 0.520. The van der Waals surface area contributed by atoms with Gasteiger partial charge < -0.3 is 20.4 Å². The van der Waals surface area contributed by atoms with E-state index in [9.17, 15) is 9.59 Å². The number of hydrogen-bond donors (Lipinski definition) is 2. The standard InChI is InChI=1S/C29H34N4O2/c1-3-32-16-18-33(19-17-32)25-14-15-26(22(2)20-25)30-29(35)27(21-23-10-6-4-7-11-23)31-28(34)24-12-8-5-9-13-24/h4-15,20,27H,3,16-19,21H2,1-2H3,(H,30,35)(H,31,34). The molecule has 4 rings (SSSR count). The highest BCUT2D eigenvalue weighted by molar-refractivity contribution is 6.01. The average Bonchev–Trinajstić information content (AvgIpc) is 2.90. The number of amides is 2. The summed E-state index contributed by atoms with van der Waals surface area (Å²) in [6.07, 6.45) is 0.407. The monoisotopic (exact) mass is 470 g/mol. The second-order valence-electron chi connectivity index (χ2n) is 8.99. The minimum Gasteiger partial charge on any atom is -0.369 e. The number of rotatable bonds is 8. The molecule has 1 saturated heterocycles. The molecule has 0 spiro atoms. The lowest BCUT2D eigenvalue weighted by Crippen LogP contribution is -2.46. The van der Waals surface area contributed by atoms with E-state index in [2.05, 4.69) is 39.5 Å². The van der Waals surface area contributed by atoms with E-state index in [1.807, 2.05) is 61.5 Å². The van der Waals surface area contributed by atoms with Gasteiger partial charge in [0.2, 0.25) is 5.91 Å². The Morgan fingerprint density at radius 3 is 2.17 bits per heavy atom. The van der Waals surface area contributed by atoms with Gasteiger partial charge in [-0.2, -0.15) is 0 Å². The average molecular weight is 471 g/mol. The summed E-state index contributed by atoms with van der Waals surface area (Å²) >= 11 is 0. The van der Waals surface area contributed by atoms with Crippen LogP contribution in [-0.2, 0) is 11.2 Å². The first kappa shape index (κ1) is 24.5. The number of anilines is 2. The molecule has 6 nitrogen and oxygen atoms in total. The van der Waals surface area contributed by atoms with Gasteiger partial charge in [-0.1, -0.05) is 55.5 Å².